The number of likely N-dealkylation sites (N-methyl/N-ethyl adjacent to an activating group) is 1. The van der Waals surface area contributed by atoms with E-state index in [2.05, 4.69) is 58.7 Å². The van der Waals surface area contributed by atoms with Crippen molar-refractivity contribution in [3.05, 3.63) is 42.1 Å². The number of rotatable bonds is 7. The number of fused-ring (bicyclic) bond motifs is 2. The highest BCUT2D eigenvalue weighted by Crippen LogP contribution is 2.44. The lowest BCUT2D eigenvalue weighted by molar-refractivity contribution is -0.116. The number of amides is 1. The molecule has 1 atom stereocenters. The molecule has 0 spiro atoms. The zero-order chi connectivity index (χ0) is 24.1. The number of aromatic nitrogens is 2. The molecule has 0 saturated heterocycles. The highest BCUT2D eigenvalue weighted by atomic mass is 16.1. The molecule has 34 heavy (non-hydrogen) atoms. The first-order valence-electron chi connectivity index (χ1n) is 12.6. The van der Waals surface area contributed by atoms with Crippen molar-refractivity contribution in [3.63, 3.8) is 0 Å². The van der Waals surface area contributed by atoms with Crippen molar-refractivity contribution in [2.24, 2.45) is 5.73 Å². The molecule has 1 aromatic heterocycles. The molecule has 3 aromatic rings. The minimum atomic E-state index is 0.0598. The van der Waals surface area contributed by atoms with Crippen LogP contribution < -0.4 is 21.7 Å². The van der Waals surface area contributed by atoms with E-state index in [4.69, 9.17) is 10.8 Å². The van der Waals surface area contributed by atoms with Gasteiger partial charge in [0.1, 0.15) is 0 Å². The van der Waals surface area contributed by atoms with Crippen molar-refractivity contribution in [3.8, 4) is 11.1 Å². The predicted molar refractivity (Wildman–Crippen MR) is 141 cm³/mol. The molecule has 1 aliphatic heterocycles. The van der Waals surface area contributed by atoms with Crippen LogP contribution in [-0.4, -0.2) is 41.9 Å². The molecule has 0 bridgehead atoms. The van der Waals surface area contributed by atoms with Crippen LogP contribution in [0.15, 0.2) is 36.4 Å². The normalized spacial score (nSPS) is 17.3. The minimum absolute atomic E-state index is 0.0598. The van der Waals surface area contributed by atoms with Crippen LogP contribution >= 0.6 is 0 Å². The van der Waals surface area contributed by atoms with E-state index < -0.39 is 0 Å². The molecule has 1 unspecified atom stereocenters. The van der Waals surface area contributed by atoms with E-state index >= 15 is 0 Å². The maximum absolute atomic E-state index is 12.1. The van der Waals surface area contributed by atoms with Gasteiger partial charge in [0.2, 0.25) is 5.91 Å². The van der Waals surface area contributed by atoms with Crippen LogP contribution in [0.3, 0.4) is 0 Å². The summed E-state index contributed by atoms with van der Waals surface area (Å²) in [5, 5.41) is 15.8. The second-order valence-electron chi connectivity index (χ2n) is 9.39. The zero-order valence-corrected chi connectivity index (χ0v) is 20.7. The van der Waals surface area contributed by atoms with Gasteiger partial charge in [-0.15, -0.1) is 0 Å². The Morgan fingerprint density at radius 2 is 2.06 bits per heavy atom. The van der Waals surface area contributed by atoms with Gasteiger partial charge in [-0.25, -0.2) is 0 Å². The Kier molecular flexibility index (Phi) is 7.85. The SMILES string of the molecule is CCCCn1nc(C2CC2)c2cc(-c3cccc4c3NC(C)CC(=O)N4)ccc21.CNCCN. The van der Waals surface area contributed by atoms with Crippen LogP contribution in [0.1, 0.15) is 57.6 Å². The lowest BCUT2D eigenvalue weighted by Gasteiger charge is -2.17. The summed E-state index contributed by atoms with van der Waals surface area (Å²) in [6, 6.07) is 12.9. The molecule has 7 nitrogen and oxygen atoms in total. The Bertz CT molecular complexity index is 1130. The number of carbonyl (C=O) groups is 1. The highest BCUT2D eigenvalue weighted by molar-refractivity contribution is 6.01. The number of nitrogens with two attached hydrogens (primary N) is 1. The summed E-state index contributed by atoms with van der Waals surface area (Å²) < 4.78 is 2.20. The van der Waals surface area contributed by atoms with Gasteiger partial charge in [0.25, 0.3) is 0 Å². The van der Waals surface area contributed by atoms with Crippen LogP contribution in [0, 0.1) is 0 Å². The first-order valence-corrected chi connectivity index (χ1v) is 12.6. The molecule has 1 fully saturated rings. The lowest BCUT2D eigenvalue weighted by atomic mass is 9.99. The van der Waals surface area contributed by atoms with Gasteiger partial charge >= 0.3 is 0 Å². The molecule has 1 amide bonds. The first kappa shape index (κ1) is 24.2. The average Bonchev–Trinajstić information content (AvgIpc) is 3.62. The third-order valence-corrected chi connectivity index (χ3v) is 6.39. The number of hydrogen-bond acceptors (Lipinski definition) is 5. The van der Waals surface area contributed by atoms with Crippen molar-refractivity contribution in [2.75, 3.05) is 30.8 Å². The molecule has 182 valence electrons. The average molecular weight is 463 g/mol. The van der Waals surface area contributed by atoms with E-state index in [1.54, 1.807) is 0 Å². The second kappa shape index (κ2) is 11.0. The van der Waals surface area contributed by atoms with Gasteiger partial charge in [-0.05, 0) is 57.0 Å². The summed E-state index contributed by atoms with van der Waals surface area (Å²) in [5.74, 6) is 0.672. The van der Waals surface area contributed by atoms with Crippen LogP contribution in [0.5, 0.6) is 0 Å². The Morgan fingerprint density at radius 3 is 2.74 bits per heavy atom. The number of anilines is 2. The number of carbonyl (C=O) groups excluding carboxylic acids is 1. The van der Waals surface area contributed by atoms with Crippen molar-refractivity contribution in [1.29, 1.82) is 0 Å². The smallest absolute Gasteiger partial charge is 0.226 e. The van der Waals surface area contributed by atoms with Crippen LogP contribution in [0.2, 0.25) is 0 Å². The Morgan fingerprint density at radius 1 is 1.24 bits per heavy atom. The first-order chi connectivity index (χ1) is 16.5. The Hall–Kier alpha value is -2.90. The summed E-state index contributed by atoms with van der Waals surface area (Å²) in [6.45, 7) is 6.90. The van der Waals surface area contributed by atoms with Gasteiger partial charge in [-0.1, -0.05) is 31.5 Å². The third kappa shape index (κ3) is 5.42. The maximum Gasteiger partial charge on any atom is 0.226 e. The molecule has 5 N–H and O–H groups in total. The molecule has 5 rings (SSSR count). The number of unbranched alkanes of at least 4 members (excludes halogenated alkanes) is 1. The van der Waals surface area contributed by atoms with E-state index in [1.165, 1.54) is 41.4 Å². The molecular formula is C27H38N6O. The second-order valence-corrected chi connectivity index (χ2v) is 9.39. The lowest BCUT2D eigenvalue weighted by Crippen LogP contribution is -2.19. The maximum atomic E-state index is 12.1. The summed E-state index contributed by atoms with van der Waals surface area (Å²) in [5.41, 5.74) is 11.7. The fourth-order valence-electron chi connectivity index (χ4n) is 4.48. The fraction of sp³-hybridized carbons (Fsp3) is 0.481. The van der Waals surface area contributed by atoms with Crippen molar-refractivity contribution in [1.82, 2.24) is 15.1 Å². The zero-order valence-electron chi connectivity index (χ0n) is 20.7. The Balaban J connectivity index is 0.000000499. The van der Waals surface area contributed by atoms with Gasteiger partial charge in [-0.2, -0.15) is 5.10 Å². The van der Waals surface area contributed by atoms with E-state index in [1.807, 2.05) is 19.2 Å². The van der Waals surface area contributed by atoms with E-state index in [0.29, 0.717) is 12.3 Å². The topological polar surface area (TPSA) is 97.0 Å². The molecule has 7 heteroatoms. The predicted octanol–water partition coefficient (Wildman–Crippen LogP) is 4.69. The number of aryl methyl sites for hydroxylation is 1. The van der Waals surface area contributed by atoms with Crippen LogP contribution in [0.25, 0.3) is 22.0 Å². The molecule has 1 saturated carbocycles. The Labute approximate surface area is 202 Å². The van der Waals surface area contributed by atoms with Gasteiger partial charge in [0.15, 0.2) is 0 Å². The quantitative estimate of drug-likeness (QED) is 0.408. The summed E-state index contributed by atoms with van der Waals surface area (Å²) in [6.07, 6.45) is 5.29. The van der Waals surface area contributed by atoms with E-state index in [0.717, 1.165) is 43.0 Å². The van der Waals surface area contributed by atoms with Gasteiger partial charge in [-0.3, -0.25) is 9.48 Å². The van der Waals surface area contributed by atoms with Crippen LogP contribution in [-0.2, 0) is 11.3 Å². The summed E-state index contributed by atoms with van der Waals surface area (Å²) >= 11 is 0. The number of nitrogens with one attached hydrogen (secondary N) is 3. The minimum Gasteiger partial charge on any atom is -0.380 e. The van der Waals surface area contributed by atoms with E-state index in [-0.39, 0.29) is 11.9 Å². The monoisotopic (exact) mass is 462 g/mol. The van der Waals surface area contributed by atoms with Gasteiger partial charge in [0, 0.05) is 49.0 Å². The molecule has 2 aromatic carbocycles. The number of nitrogens with zero attached hydrogens (tertiary/aromatic N) is 2. The van der Waals surface area contributed by atoms with Crippen LogP contribution in [0.4, 0.5) is 11.4 Å². The van der Waals surface area contributed by atoms with E-state index in [9.17, 15) is 4.79 Å². The highest BCUT2D eigenvalue weighted by Gasteiger charge is 2.29. The van der Waals surface area contributed by atoms with Gasteiger partial charge in [0.05, 0.1) is 22.6 Å². The largest absolute Gasteiger partial charge is 0.380 e. The van der Waals surface area contributed by atoms with Crippen molar-refractivity contribution < 1.29 is 4.79 Å². The molecule has 2 heterocycles. The molecule has 2 aliphatic rings. The molecule has 0 radical (unpaired) electrons. The van der Waals surface area contributed by atoms with Gasteiger partial charge < -0.3 is 21.7 Å². The summed E-state index contributed by atoms with van der Waals surface area (Å²) in [7, 11) is 1.88. The van der Waals surface area contributed by atoms with Crippen molar-refractivity contribution >= 4 is 28.2 Å². The number of hydrogen-bond donors (Lipinski definition) is 4. The fourth-order valence-corrected chi connectivity index (χ4v) is 4.48. The van der Waals surface area contributed by atoms with Crippen molar-refractivity contribution in [2.45, 2.75) is 64.5 Å². The summed E-state index contributed by atoms with van der Waals surface area (Å²) in [4.78, 5) is 12.1. The number of benzene rings is 2. The molecular weight excluding hydrogens is 424 g/mol. The number of para-hydroxylation sites is 1. The standard InChI is InChI=1S/C24H28N4O.C3H10N2/c1-3-4-12-28-21-11-10-17(14-19(21)23(27-28)16-8-9-16)18-6-5-7-20-24(18)25-15(2)13-22(29)26-20;1-5-3-2-4/h5-7,10-11,14-16,25H,3-4,8-9,12-13H2,1-2H3,(H,26,29);5H,2-4H2,1H3. The third-order valence-electron chi connectivity index (χ3n) is 6.39. The molecule has 1 aliphatic carbocycles.